The molecule has 3 aromatic rings. The standard InChI is InChI=1S/C16H14Cl2N2O4S/c1-9-5-12-15(24-19-16(12)20-25(2,21)22)6-10(9)8-23-11-3-4-13(17)14(18)7-11/h3-7H,8H2,1-2H3,(H,19,20). The molecule has 0 fully saturated rings. The Morgan fingerprint density at radius 3 is 2.64 bits per heavy atom. The van der Waals surface area contributed by atoms with Crippen LogP contribution >= 0.6 is 23.2 Å². The van der Waals surface area contributed by atoms with Crippen LogP contribution in [-0.4, -0.2) is 19.8 Å². The summed E-state index contributed by atoms with van der Waals surface area (Å²) in [6.45, 7) is 2.18. The molecule has 0 atom stereocenters. The van der Waals surface area contributed by atoms with Crippen molar-refractivity contribution >= 4 is 50.0 Å². The third-order valence-corrected chi connectivity index (χ3v) is 4.80. The lowest BCUT2D eigenvalue weighted by molar-refractivity contribution is 0.305. The number of benzene rings is 2. The number of halogens is 2. The Labute approximate surface area is 154 Å². The molecule has 3 rings (SSSR count). The quantitative estimate of drug-likeness (QED) is 0.686. The lowest BCUT2D eigenvalue weighted by Crippen LogP contribution is -2.09. The number of fused-ring (bicyclic) bond motifs is 1. The van der Waals surface area contributed by atoms with Gasteiger partial charge in [0.25, 0.3) is 0 Å². The average molecular weight is 401 g/mol. The van der Waals surface area contributed by atoms with Gasteiger partial charge in [-0.15, -0.1) is 0 Å². The van der Waals surface area contributed by atoms with Crippen molar-refractivity contribution in [3.63, 3.8) is 0 Å². The molecular formula is C16H14Cl2N2O4S. The Morgan fingerprint density at radius 2 is 1.96 bits per heavy atom. The number of hydrogen-bond acceptors (Lipinski definition) is 5. The molecule has 0 aliphatic carbocycles. The summed E-state index contributed by atoms with van der Waals surface area (Å²) in [5.41, 5.74) is 2.25. The van der Waals surface area contributed by atoms with E-state index in [0.717, 1.165) is 17.4 Å². The van der Waals surface area contributed by atoms with E-state index in [1.165, 1.54) is 0 Å². The van der Waals surface area contributed by atoms with E-state index in [9.17, 15) is 8.42 Å². The number of rotatable bonds is 5. The first-order valence-corrected chi connectivity index (χ1v) is 9.82. The number of hydrogen-bond donors (Lipinski definition) is 1. The van der Waals surface area contributed by atoms with Crippen LogP contribution < -0.4 is 9.46 Å². The highest BCUT2D eigenvalue weighted by Gasteiger charge is 2.14. The van der Waals surface area contributed by atoms with Gasteiger partial charge in [0.1, 0.15) is 12.4 Å². The zero-order valence-electron chi connectivity index (χ0n) is 13.3. The normalized spacial score (nSPS) is 11.7. The summed E-state index contributed by atoms with van der Waals surface area (Å²) in [5, 5.41) is 5.22. The van der Waals surface area contributed by atoms with Crippen LogP contribution in [0.15, 0.2) is 34.9 Å². The molecule has 1 aromatic heterocycles. The topological polar surface area (TPSA) is 81.4 Å². The summed E-state index contributed by atoms with van der Waals surface area (Å²) in [7, 11) is -3.44. The van der Waals surface area contributed by atoms with Crippen LogP contribution in [0.5, 0.6) is 5.75 Å². The van der Waals surface area contributed by atoms with Gasteiger partial charge in [0.05, 0.1) is 21.7 Å². The van der Waals surface area contributed by atoms with Gasteiger partial charge < -0.3 is 9.26 Å². The van der Waals surface area contributed by atoms with Crippen molar-refractivity contribution in [2.24, 2.45) is 0 Å². The molecule has 0 aliphatic heterocycles. The Bertz CT molecular complexity index is 1050. The van der Waals surface area contributed by atoms with Crippen molar-refractivity contribution < 1.29 is 17.7 Å². The molecule has 132 valence electrons. The summed E-state index contributed by atoms with van der Waals surface area (Å²) in [4.78, 5) is 0. The fourth-order valence-electron chi connectivity index (χ4n) is 2.27. The molecule has 0 spiro atoms. The lowest BCUT2D eigenvalue weighted by Gasteiger charge is -2.09. The first-order valence-electron chi connectivity index (χ1n) is 7.17. The van der Waals surface area contributed by atoms with Crippen molar-refractivity contribution in [1.29, 1.82) is 0 Å². The van der Waals surface area contributed by atoms with Gasteiger partial charge in [0.15, 0.2) is 11.4 Å². The highest BCUT2D eigenvalue weighted by atomic mass is 35.5. The van der Waals surface area contributed by atoms with Gasteiger partial charge >= 0.3 is 0 Å². The maximum atomic E-state index is 11.4. The van der Waals surface area contributed by atoms with Crippen LogP contribution in [0.2, 0.25) is 10.0 Å². The minimum atomic E-state index is -3.44. The average Bonchev–Trinajstić information content (AvgIpc) is 2.88. The van der Waals surface area contributed by atoms with E-state index in [2.05, 4.69) is 9.88 Å². The molecule has 6 nitrogen and oxygen atoms in total. The molecule has 0 radical (unpaired) electrons. The fourth-order valence-corrected chi connectivity index (χ4v) is 3.05. The molecule has 9 heteroatoms. The van der Waals surface area contributed by atoms with Crippen molar-refractivity contribution in [3.8, 4) is 5.75 Å². The number of nitrogens with one attached hydrogen (secondary N) is 1. The minimum absolute atomic E-state index is 0.164. The molecule has 2 aromatic carbocycles. The van der Waals surface area contributed by atoms with Gasteiger partial charge in [0.2, 0.25) is 10.0 Å². The Kier molecular flexibility index (Phi) is 4.81. The lowest BCUT2D eigenvalue weighted by atomic mass is 10.1. The smallest absolute Gasteiger partial charge is 0.231 e. The molecule has 0 bridgehead atoms. The summed E-state index contributed by atoms with van der Waals surface area (Å²) >= 11 is 11.9. The molecule has 0 saturated heterocycles. The maximum Gasteiger partial charge on any atom is 0.231 e. The molecule has 0 amide bonds. The third-order valence-electron chi connectivity index (χ3n) is 3.50. The zero-order valence-corrected chi connectivity index (χ0v) is 15.7. The molecular weight excluding hydrogens is 387 g/mol. The summed E-state index contributed by atoms with van der Waals surface area (Å²) in [6, 6.07) is 8.59. The molecule has 1 N–H and O–H groups in total. The maximum absolute atomic E-state index is 11.4. The highest BCUT2D eigenvalue weighted by Crippen LogP contribution is 2.29. The Balaban J connectivity index is 1.85. The minimum Gasteiger partial charge on any atom is -0.489 e. The monoisotopic (exact) mass is 400 g/mol. The molecule has 0 saturated carbocycles. The van der Waals surface area contributed by atoms with Crippen LogP contribution in [0.3, 0.4) is 0 Å². The summed E-state index contributed by atoms with van der Waals surface area (Å²) in [5.74, 6) is 0.753. The second-order valence-corrected chi connectivity index (χ2v) is 8.11. The molecule has 1 heterocycles. The van der Waals surface area contributed by atoms with Crippen LogP contribution in [0, 0.1) is 6.92 Å². The second kappa shape index (κ2) is 6.74. The van der Waals surface area contributed by atoms with Gasteiger partial charge in [-0.25, -0.2) is 8.42 Å². The van der Waals surface area contributed by atoms with E-state index >= 15 is 0 Å². The van der Waals surface area contributed by atoms with Crippen LogP contribution in [0.1, 0.15) is 11.1 Å². The number of sulfonamides is 1. The fraction of sp³-hybridized carbons (Fsp3) is 0.188. The number of nitrogens with zero attached hydrogens (tertiary/aromatic N) is 1. The van der Waals surface area contributed by atoms with E-state index in [4.69, 9.17) is 32.5 Å². The highest BCUT2D eigenvalue weighted by molar-refractivity contribution is 7.92. The first kappa shape index (κ1) is 17.8. The second-order valence-electron chi connectivity index (χ2n) is 5.54. The van der Waals surface area contributed by atoms with Crippen LogP contribution in [0.25, 0.3) is 11.0 Å². The summed E-state index contributed by atoms with van der Waals surface area (Å²) in [6.07, 6.45) is 1.06. The van der Waals surface area contributed by atoms with E-state index in [1.807, 2.05) is 6.92 Å². The van der Waals surface area contributed by atoms with Crippen molar-refractivity contribution in [3.05, 3.63) is 51.5 Å². The Morgan fingerprint density at radius 1 is 1.20 bits per heavy atom. The van der Waals surface area contributed by atoms with E-state index < -0.39 is 10.0 Å². The third kappa shape index (κ3) is 4.18. The van der Waals surface area contributed by atoms with Gasteiger partial charge in [-0.2, -0.15) is 0 Å². The van der Waals surface area contributed by atoms with E-state index in [-0.39, 0.29) is 12.4 Å². The molecule has 0 aliphatic rings. The Hall–Kier alpha value is -1.96. The van der Waals surface area contributed by atoms with Crippen molar-refractivity contribution in [2.45, 2.75) is 13.5 Å². The number of ether oxygens (including phenoxy) is 1. The molecule has 25 heavy (non-hydrogen) atoms. The van der Waals surface area contributed by atoms with Gasteiger partial charge in [-0.1, -0.05) is 28.4 Å². The molecule has 0 unspecified atom stereocenters. The first-order chi connectivity index (χ1) is 11.7. The zero-order chi connectivity index (χ0) is 18.2. The largest absolute Gasteiger partial charge is 0.489 e. The number of anilines is 1. The van der Waals surface area contributed by atoms with Gasteiger partial charge in [-0.05, 0) is 42.3 Å². The van der Waals surface area contributed by atoms with Crippen LogP contribution in [-0.2, 0) is 16.6 Å². The van der Waals surface area contributed by atoms with Crippen LogP contribution in [0.4, 0.5) is 5.82 Å². The predicted octanol–water partition coefficient (Wildman–Crippen LogP) is 4.39. The van der Waals surface area contributed by atoms with Crippen molar-refractivity contribution in [2.75, 3.05) is 11.0 Å². The number of aryl methyl sites for hydroxylation is 1. The number of aromatic nitrogens is 1. The van der Waals surface area contributed by atoms with E-state index in [1.54, 1.807) is 30.3 Å². The predicted molar refractivity (Wildman–Crippen MR) is 98.0 cm³/mol. The van der Waals surface area contributed by atoms with E-state index in [0.29, 0.717) is 26.8 Å². The van der Waals surface area contributed by atoms with Gasteiger partial charge in [0, 0.05) is 6.07 Å². The van der Waals surface area contributed by atoms with Crippen molar-refractivity contribution in [1.82, 2.24) is 5.16 Å². The van der Waals surface area contributed by atoms with Gasteiger partial charge in [-0.3, -0.25) is 4.72 Å². The summed E-state index contributed by atoms with van der Waals surface area (Å²) < 4.78 is 36.0. The SMILES string of the molecule is Cc1cc2c(NS(C)(=O)=O)noc2cc1COc1ccc(Cl)c(Cl)c1.